The van der Waals surface area contributed by atoms with Crippen molar-refractivity contribution in [2.45, 2.75) is 20.0 Å². The van der Waals surface area contributed by atoms with Crippen molar-refractivity contribution in [2.24, 2.45) is 0 Å². The van der Waals surface area contributed by atoms with Crippen LogP contribution in [-0.2, 0) is 17.8 Å². The zero-order chi connectivity index (χ0) is 18.4. The lowest BCUT2D eigenvalue weighted by molar-refractivity contribution is 0.0530. The lowest BCUT2D eigenvalue weighted by atomic mass is 10.1. The van der Waals surface area contributed by atoms with E-state index in [1.165, 1.54) is 0 Å². The maximum absolute atomic E-state index is 12.2. The lowest BCUT2D eigenvalue weighted by Gasteiger charge is -2.17. The zero-order valence-corrected chi connectivity index (χ0v) is 15.4. The molecule has 0 unspecified atom stereocenters. The number of methoxy groups -OCH3 is 1. The number of hydrogen-bond donors (Lipinski definition) is 1. The van der Waals surface area contributed by atoms with Crippen LogP contribution in [0.1, 0.15) is 33.3 Å². The molecule has 0 amide bonds. The Labute approximate surface area is 151 Å². The summed E-state index contributed by atoms with van der Waals surface area (Å²) in [5, 5.41) is 9.73. The van der Waals surface area contributed by atoms with Gasteiger partial charge in [0.2, 0.25) is 0 Å². The minimum Gasteiger partial charge on any atom is -0.497 e. The van der Waals surface area contributed by atoms with E-state index < -0.39 is 5.97 Å². The number of esters is 1. The number of anilines is 1. The summed E-state index contributed by atoms with van der Waals surface area (Å²) < 4.78 is 10.3. The second kappa shape index (κ2) is 8.51. The fraction of sp³-hybridized carbons (Fsp3) is 0.333. The van der Waals surface area contributed by atoms with Crippen molar-refractivity contribution in [3.05, 3.63) is 45.8 Å². The first-order valence-corrected chi connectivity index (χ1v) is 8.61. The van der Waals surface area contributed by atoms with Crippen molar-refractivity contribution < 1.29 is 14.3 Å². The van der Waals surface area contributed by atoms with Crippen LogP contribution in [-0.4, -0.2) is 31.6 Å². The van der Waals surface area contributed by atoms with Gasteiger partial charge in [0.1, 0.15) is 21.7 Å². The number of nitrogens with two attached hydrogens (primary N) is 1. The smallest absolute Gasteiger partial charge is 0.348 e. The molecule has 0 aliphatic rings. The summed E-state index contributed by atoms with van der Waals surface area (Å²) in [5.41, 5.74) is 7.95. The first-order valence-electron chi connectivity index (χ1n) is 7.80. The number of nitrogen functional groups attached to an aromatic ring is 1. The highest BCUT2D eigenvalue weighted by molar-refractivity contribution is 7.18. The highest BCUT2D eigenvalue weighted by Crippen LogP contribution is 2.32. The molecule has 25 heavy (non-hydrogen) atoms. The number of hydrogen-bond acceptors (Lipinski definition) is 7. The zero-order valence-electron chi connectivity index (χ0n) is 14.5. The van der Waals surface area contributed by atoms with E-state index >= 15 is 0 Å². The van der Waals surface area contributed by atoms with E-state index in [-0.39, 0.29) is 6.61 Å². The van der Waals surface area contributed by atoms with Crippen molar-refractivity contribution in [3.63, 3.8) is 0 Å². The van der Waals surface area contributed by atoms with Gasteiger partial charge in [-0.25, -0.2) is 4.79 Å². The summed E-state index contributed by atoms with van der Waals surface area (Å²) in [6.07, 6.45) is 0. The Hall–Kier alpha value is -2.56. The van der Waals surface area contributed by atoms with Gasteiger partial charge < -0.3 is 15.2 Å². The molecule has 132 valence electrons. The van der Waals surface area contributed by atoms with E-state index in [4.69, 9.17) is 15.2 Å². The number of nitrogens with zero attached hydrogens (tertiary/aromatic N) is 2. The molecule has 1 heterocycles. The van der Waals surface area contributed by atoms with Crippen LogP contribution in [0.15, 0.2) is 24.3 Å². The molecule has 0 saturated carbocycles. The van der Waals surface area contributed by atoms with Gasteiger partial charge in [0.15, 0.2) is 0 Å². The van der Waals surface area contributed by atoms with Gasteiger partial charge in [-0.15, -0.1) is 11.3 Å². The molecule has 0 bridgehead atoms. The van der Waals surface area contributed by atoms with E-state index in [1.807, 2.05) is 36.2 Å². The number of carbonyl (C=O) groups excluding carboxylic acids is 1. The fourth-order valence-electron chi connectivity index (χ4n) is 2.53. The third kappa shape index (κ3) is 4.50. The molecule has 7 heteroatoms. The SMILES string of the molecule is CCOC(=O)c1sc(N)c(C#N)c1CN(C)Cc1cccc(OC)c1. The molecule has 0 aliphatic heterocycles. The van der Waals surface area contributed by atoms with Crippen molar-refractivity contribution in [3.8, 4) is 11.8 Å². The van der Waals surface area contributed by atoms with Gasteiger partial charge in [-0.1, -0.05) is 12.1 Å². The van der Waals surface area contributed by atoms with Crippen LogP contribution >= 0.6 is 11.3 Å². The van der Waals surface area contributed by atoms with Gasteiger partial charge in [-0.3, -0.25) is 4.90 Å². The van der Waals surface area contributed by atoms with E-state index in [9.17, 15) is 10.1 Å². The van der Waals surface area contributed by atoms with Crippen molar-refractivity contribution in [2.75, 3.05) is 26.5 Å². The van der Waals surface area contributed by atoms with E-state index in [0.29, 0.717) is 34.1 Å². The topological polar surface area (TPSA) is 88.6 Å². The summed E-state index contributed by atoms with van der Waals surface area (Å²) in [6.45, 7) is 3.08. The minimum absolute atomic E-state index is 0.275. The van der Waals surface area contributed by atoms with Crippen LogP contribution in [0.5, 0.6) is 5.75 Å². The van der Waals surface area contributed by atoms with Crippen molar-refractivity contribution in [1.29, 1.82) is 5.26 Å². The average Bonchev–Trinajstić information content (AvgIpc) is 2.90. The normalized spacial score (nSPS) is 10.5. The average molecular weight is 359 g/mol. The van der Waals surface area contributed by atoms with E-state index in [0.717, 1.165) is 22.6 Å². The molecule has 2 aromatic rings. The number of nitriles is 1. The van der Waals surface area contributed by atoms with Crippen molar-refractivity contribution in [1.82, 2.24) is 4.90 Å². The first-order chi connectivity index (χ1) is 12.0. The van der Waals surface area contributed by atoms with Crippen molar-refractivity contribution >= 4 is 22.3 Å². The predicted molar refractivity (Wildman–Crippen MR) is 97.6 cm³/mol. The summed E-state index contributed by atoms with van der Waals surface area (Å²) in [7, 11) is 3.55. The largest absolute Gasteiger partial charge is 0.497 e. The van der Waals surface area contributed by atoms with Gasteiger partial charge >= 0.3 is 5.97 Å². The summed E-state index contributed by atoms with van der Waals surface area (Å²) >= 11 is 1.10. The Morgan fingerprint density at radius 3 is 2.80 bits per heavy atom. The molecule has 0 fully saturated rings. The van der Waals surface area contributed by atoms with E-state index in [2.05, 4.69) is 6.07 Å². The van der Waals surface area contributed by atoms with Gasteiger partial charge in [-0.2, -0.15) is 5.26 Å². The molecule has 0 atom stereocenters. The Morgan fingerprint density at radius 2 is 2.16 bits per heavy atom. The summed E-state index contributed by atoms with van der Waals surface area (Å²) in [6, 6.07) is 9.86. The van der Waals surface area contributed by atoms with Gasteiger partial charge in [0.05, 0.1) is 19.3 Å². The number of rotatable bonds is 7. The molecular formula is C18H21N3O3S. The van der Waals surface area contributed by atoms with Crippen LogP contribution < -0.4 is 10.5 Å². The first kappa shape index (κ1) is 18.8. The highest BCUT2D eigenvalue weighted by atomic mass is 32.1. The molecule has 0 spiro atoms. The Morgan fingerprint density at radius 1 is 1.40 bits per heavy atom. The van der Waals surface area contributed by atoms with Crippen LogP contribution in [0.25, 0.3) is 0 Å². The standard InChI is InChI=1S/C18H21N3O3S/c1-4-24-18(22)16-15(14(9-19)17(20)25-16)11-21(2)10-12-6-5-7-13(8-12)23-3/h5-8H,4,10-11,20H2,1-3H3. The molecule has 1 aromatic carbocycles. The maximum atomic E-state index is 12.2. The Kier molecular flexibility index (Phi) is 6.39. The third-order valence-electron chi connectivity index (χ3n) is 3.62. The van der Waals surface area contributed by atoms with Crippen LogP contribution in [0.2, 0.25) is 0 Å². The Balaban J connectivity index is 2.23. The van der Waals surface area contributed by atoms with E-state index in [1.54, 1.807) is 14.0 Å². The summed E-state index contributed by atoms with van der Waals surface area (Å²) in [5.74, 6) is 0.348. The van der Waals surface area contributed by atoms with Crippen LogP contribution in [0.4, 0.5) is 5.00 Å². The van der Waals surface area contributed by atoms with Gasteiger partial charge in [-0.05, 0) is 31.7 Å². The van der Waals surface area contributed by atoms with Crippen LogP contribution in [0.3, 0.4) is 0 Å². The number of thiophene rings is 1. The molecule has 2 rings (SSSR count). The molecule has 1 aromatic heterocycles. The molecule has 0 aliphatic carbocycles. The molecule has 6 nitrogen and oxygen atoms in total. The van der Waals surface area contributed by atoms with Gasteiger partial charge in [0.25, 0.3) is 0 Å². The number of ether oxygens (including phenoxy) is 2. The molecule has 2 N–H and O–H groups in total. The molecular weight excluding hydrogens is 338 g/mol. The number of benzene rings is 1. The lowest BCUT2D eigenvalue weighted by Crippen LogP contribution is -2.19. The van der Waals surface area contributed by atoms with Gasteiger partial charge in [0, 0.05) is 18.7 Å². The summed E-state index contributed by atoms with van der Waals surface area (Å²) in [4.78, 5) is 14.6. The molecule has 0 saturated heterocycles. The highest BCUT2D eigenvalue weighted by Gasteiger charge is 2.23. The fourth-order valence-corrected chi connectivity index (χ4v) is 3.45. The molecule has 0 radical (unpaired) electrons. The third-order valence-corrected chi connectivity index (χ3v) is 4.66. The monoisotopic (exact) mass is 359 g/mol. The second-order valence-corrected chi connectivity index (χ2v) is 6.56. The predicted octanol–water partition coefficient (Wildman–Crippen LogP) is 3.02. The quantitative estimate of drug-likeness (QED) is 0.765. The van der Waals surface area contributed by atoms with Crippen LogP contribution in [0, 0.1) is 11.3 Å². The minimum atomic E-state index is -0.439. The number of carbonyl (C=O) groups is 1. The second-order valence-electron chi connectivity index (χ2n) is 5.51. The maximum Gasteiger partial charge on any atom is 0.348 e. The Bertz CT molecular complexity index is 795.